The number of phenols is 1. The summed E-state index contributed by atoms with van der Waals surface area (Å²) in [6.45, 7) is 2.48. The highest BCUT2D eigenvalue weighted by Crippen LogP contribution is 2.26. The third kappa shape index (κ3) is 3.56. The van der Waals surface area contributed by atoms with Crippen LogP contribution in [0, 0.1) is 0 Å². The number of carbonyl (C=O) groups excluding carboxylic acids is 1. The molecule has 1 atom stereocenters. The third-order valence-corrected chi connectivity index (χ3v) is 3.83. The van der Waals surface area contributed by atoms with Crippen molar-refractivity contribution >= 4 is 11.7 Å². The van der Waals surface area contributed by atoms with Gasteiger partial charge in [-0.3, -0.25) is 4.90 Å². The second-order valence-corrected chi connectivity index (χ2v) is 5.59. The van der Waals surface area contributed by atoms with Gasteiger partial charge in [-0.05, 0) is 55.7 Å². The largest absolute Gasteiger partial charge is 0.508 e. The van der Waals surface area contributed by atoms with E-state index in [0.717, 1.165) is 18.5 Å². The van der Waals surface area contributed by atoms with Crippen molar-refractivity contribution in [3.63, 3.8) is 0 Å². The van der Waals surface area contributed by atoms with Crippen LogP contribution in [-0.4, -0.2) is 23.9 Å². The number of benzene rings is 2. The Morgan fingerprint density at radius 2 is 1.96 bits per heavy atom. The molecule has 2 aromatic carbocycles. The minimum atomic E-state index is -0.471. The number of carbonyl (C=O) groups is 1. The highest BCUT2D eigenvalue weighted by atomic mass is 16.5. The molecule has 2 amide bonds. The smallest absolute Gasteiger partial charge is 0.324 e. The van der Waals surface area contributed by atoms with Gasteiger partial charge in [0.15, 0.2) is 6.23 Å². The lowest BCUT2D eigenvalue weighted by atomic mass is 10.0. The van der Waals surface area contributed by atoms with Crippen LogP contribution in [0.1, 0.15) is 18.9 Å². The van der Waals surface area contributed by atoms with Gasteiger partial charge in [-0.1, -0.05) is 18.2 Å². The van der Waals surface area contributed by atoms with Crippen LogP contribution in [0.3, 0.4) is 0 Å². The van der Waals surface area contributed by atoms with E-state index in [1.165, 1.54) is 5.56 Å². The number of hydrogen-bond acceptors (Lipinski definition) is 3. The van der Waals surface area contributed by atoms with E-state index in [4.69, 9.17) is 4.74 Å². The number of amides is 2. The van der Waals surface area contributed by atoms with Crippen molar-refractivity contribution < 1.29 is 14.6 Å². The number of aryl methyl sites for hydroxylation is 1. The predicted octanol–water partition coefficient (Wildman–Crippen LogP) is 3.28. The summed E-state index contributed by atoms with van der Waals surface area (Å²) in [6.07, 6.45) is 1.48. The van der Waals surface area contributed by atoms with E-state index < -0.39 is 6.23 Å². The monoisotopic (exact) mass is 312 g/mol. The molecule has 3 rings (SSSR count). The summed E-state index contributed by atoms with van der Waals surface area (Å²) in [5, 5.41) is 12.1. The van der Waals surface area contributed by atoms with Crippen LogP contribution in [-0.2, 0) is 6.42 Å². The van der Waals surface area contributed by atoms with Crippen molar-refractivity contribution in [1.82, 2.24) is 5.32 Å². The highest BCUT2D eigenvalue weighted by Gasteiger charge is 2.23. The molecule has 1 unspecified atom stereocenters. The molecular weight excluding hydrogens is 292 g/mol. The summed E-state index contributed by atoms with van der Waals surface area (Å²) in [5.74, 6) is 0.772. The summed E-state index contributed by atoms with van der Waals surface area (Å²) in [7, 11) is 0. The average molecular weight is 312 g/mol. The molecule has 2 N–H and O–H groups in total. The van der Waals surface area contributed by atoms with Crippen molar-refractivity contribution in [3.05, 3.63) is 54.1 Å². The predicted molar refractivity (Wildman–Crippen MR) is 88.8 cm³/mol. The highest BCUT2D eigenvalue weighted by molar-refractivity contribution is 5.93. The number of phenolic OH excluding ortho intramolecular Hbond substituents is 1. The SMILES string of the molecule is CC(NC(=O)N1CCCc2ccccc21)Oc1ccc(O)cc1. The zero-order valence-corrected chi connectivity index (χ0v) is 13.0. The summed E-state index contributed by atoms with van der Waals surface area (Å²) in [6, 6.07) is 14.2. The molecule has 0 bridgehead atoms. The fourth-order valence-corrected chi connectivity index (χ4v) is 2.75. The number of fused-ring (bicyclic) bond motifs is 1. The molecule has 0 aromatic heterocycles. The zero-order chi connectivity index (χ0) is 16.2. The molecule has 5 nitrogen and oxygen atoms in total. The van der Waals surface area contributed by atoms with Gasteiger partial charge < -0.3 is 15.2 Å². The van der Waals surface area contributed by atoms with Gasteiger partial charge in [0.1, 0.15) is 11.5 Å². The van der Waals surface area contributed by atoms with Gasteiger partial charge in [0.25, 0.3) is 0 Å². The summed E-state index contributed by atoms with van der Waals surface area (Å²) in [4.78, 5) is 14.3. The molecule has 0 aliphatic carbocycles. The third-order valence-electron chi connectivity index (χ3n) is 3.83. The lowest BCUT2D eigenvalue weighted by molar-refractivity contribution is 0.180. The van der Waals surface area contributed by atoms with E-state index in [1.54, 1.807) is 36.1 Å². The standard InChI is InChI=1S/C18H20N2O3/c1-13(23-16-10-8-15(21)9-11-16)19-18(22)20-12-4-6-14-5-2-3-7-17(14)20/h2-3,5,7-11,13,21H,4,6,12H2,1H3,(H,19,22). The number of para-hydroxylation sites is 1. The molecule has 23 heavy (non-hydrogen) atoms. The first-order valence-electron chi connectivity index (χ1n) is 7.75. The number of urea groups is 1. The summed E-state index contributed by atoms with van der Waals surface area (Å²) >= 11 is 0. The van der Waals surface area contributed by atoms with Gasteiger partial charge in [-0.25, -0.2) is 4.79 Å². The first-order valence-corrected chi connectivity index (χ1v) is 7.75. The number of anilines is 1. The summed E-state index contributed by atoms with van der Waals surface area (Å²) < 4.78 is 5.65. The molecule has 0 fully saturated rings. The van der Waals surface area contributed by atoms with Crippen LogP contribution in [0.4, 0.5) is 10.5 Å². The van der Waals surface area contributed by atoms with Gasteiger partial charge in [0, 0.05) is 12.2 Å². The van der Waals surface area contributed by atoms with Gasteiger partial charge in [0.05, 0.1) is 0 Å². The lowest BCUT2D eigenvalue weighted by Crippen LogP contribution is -2.47. The molecule has 120 valence electrons. The van der Waals surface area contributed by atoms with Crippen molar-refractivity contribution in [3.8, 4) is 11.5 Å². The Balaban J connectivity index is 1.64. The first-order chi connectivity index (χ1) is 11.1. The van der Waals surface area contributed by atoms with Crippen LogP contribution in [0.2, 0.25) is 0 Å². The molecule has 1 aliphatic rings. The molecule has 0 spiro atoms. The van der Waals surface area contributed by atoms with Crippen LogP contribution < -0.4 is 15.0 Å². The number of hydrogen-bond donors (Lipinski definition) is 2. The van der Waals surface area contributed by atoms with Crippen LogP contribution >= 0.6 is 0 Å². The lowest BCUT2D eigenvalue weighted by Gasteiger charge is -2.30. The molecule has 0 radical (unpaired) electrons. The molecule has 5 heteroatoms. The van der Waals surface area contributed by atoms with Crippen LogP contribution in [0.25, 0.3) is 0 Å². The molecule has 2 aromatic rings. The van der Waals surface area contributed by atoms with Crippen molar-refractivity contribution in [1.29, 1.82) is 0 Å². The minimum Gasteiger partial charge on any atom is -0.508 e. The van der Waals surface area contributed by atoms with Gasteiger partial charge in [0.2, 0.25) is 0 Å². The minimum absolute atomic E-state index is 0.163. The van der Waals surface area contributed by atoms with Crippen molar-refractivity contribution in [2.24, 2.45) is 0 Å². The Labute approximate surface area is 135 Å². The molecule has 0 saturated heterocycles. The van der Waals surface area contributed by atoms with E-state index in [1.807, 2.05) is 18.2 Å². The first kappa shape index (κ1) is 15.2. The van der Waals surface area contributed by atoms with Gasteiger partial charge >= 0.3 is 6.03 Å². The van der Waals surface area contributed by atoms with E-state index in [0.29, 0.717) is 12.3 Å². The molecule has 1 aliphatic heterocycles. The average Bonchev–Trinajstić information content (AvgIpc) is 2.56. The van der Waals surface area contributed by atoms with E-state index in [9.17, 15) is 9.90 Å². The zero-order valence-electron chi connectivity index (χ0n) is 13.0. The van der Waals surface area contributed by atoms with Crippen LogP contribution in [0.5, 0.6) is 11.5 Å². The number of rotatable bonds is 3. The second-order valence-electron chi connectivity index (χ2n) is 5.59. The maximum Gasteiger partial charge on any atom is 0.324 e. The molecule has 1 heterocycles. The normalized spacial score (nSPS) is 14.7. The maximum absolute atomic E-state index is 12.5. The number of aromatic hydroxyl groups is 1. The van der Waals surface area contributed by atoms with Crippen molar-refractivity contribution in [2.45, 2.75) is 26.0 Å². The Kier molecular flexibility index (Phi) is 4.37. The number of nitrogens with zero attached hydrogens (tertiary/aromatic N) is 1. The Morgan fingerprint density at radius 1 is 1.22 bits per heavy atom. The van der Waals surface area contributed by atoms with Gasteiger partial charge in [-0.2, -0.15) is 0 Å². The second kappa shape index (κ2) is 6.60. The topological polar surface area (TPSA) is 61.8 Å². The fourth-order valence-electron chi connectivity index (χ4n) is 2.75. The van der Waals surface area contributed by atoms with Gasteiger partial charge in [-0.15, -0.1) is 0 Å². The maximum atomic E-state index is 12.5. The van der Waals surface area contributed by atoms with E-state index in [-0.39, 0.29) is 11.8 Å². The quantitative estimate of drug-likeness (QED) is 0.855. The Bertz CT molecular complexity index is 685. The Morgan fingerprint density at radius 3 is 2.74 bits per heavy atom. The number of ether oxygens (including phenoxy) is 1. The summed E-state index contributed by atoms with van der Waals surface area (Å²) in [5.41, 5.74) is 2.16. The van der Waals surface area contributed by atoms with Crippen molar-refractivity contribution in [2.75, 3.05) is 11.4 Å². The Hall–Kier alpha value is -2.69. The number of nitrogens with one attached hydrogen (secondary N) is 1. The van der Waals surface area contributed by atoms with E-state index >= 15 is 0 Å². The molecular formula is C18H20N2O3. The van der Waals surface area contributed by atoms with Crippen LogP contribution in [0.15, 0.2) is 48.5 Å². The van der Waals surface area contributed by atoms with E-state index in [2.05, 4.69) is 11.4 Å². The fraction of sp³-hybridized carbons (Fsp3) is 0.278. The molecule has 0 saturated carbocycles.